The van der Waals surface area contributed by atoms with Gasteiger partial charge in [0, 0.05) is 33.9 Å². The number of hydrogen-bond donors (Lipinski definition) is 3. The van der Waals surface area contributed by atoms with E-state index in [4.69, 9.17) is 5.73 Å². The molecule has 0 aliphatic carbocycles. The number of carbonyl (C=O) groups excluding carboxylic acids is 2. The second-order valence-corrected chi connectivity index (χ2v) is 7.31. The van der Waals surface area contributed by atoms with Gasteiger partial charge in [-0.05, 0) is 57.5 Å². The van der Waals surface area contributed by atoms with E-state index in [1.807, 2.05) is 38.1 Å². The van der Waals surface area contributed by atoms with Crippen LogP contribution in [0.3, 0.4) is 0 Å². The molecule has 0 bridgehead atoms. The van der Waals surface area contributed by atoms with Gasteiger partial charge in [0.25, 0.3) is 5.91 Å². The van der Waals surface area contributed by atoms with Crippen molar-refractivity contribution in [3.63, 3.8) is 0 Å². The summed E-state index contributed by atoms with van der Waals surface area (Å²) in [6, 6.07) is 12.8. The largest absolute Gasteiger partial charge is 0.368 e. The molecule has 0 unspecified atom stereocenters. The van der Waals surface area contributed by atoms with Crippen LogP contribution < -0.4 is 16.4 Å². The van der Waals surface area contributed by atoms with Gasteiger partial charge in [0.2, 0.25) is 11.9 Å². The normalized spacial score (nSPS) is 10.5. The summed E-state index contributed by atoms with van der Waals surface area (Å²) in [5.41, 5.74) is 11.5. The number of nitrogens with two attached hydrogens (primary N) is 1. The molecule has 1 aromatic heterocycles. The van der Waals surface area contributed by atoms with Gasteiger partial charge in [-0.25, -0.2) is 9.97 Å². The number of nitrogen functional groups attached to an aromatic ring is 1. The minimum atomic E-state index is -0.200. The summed E-state index contributed by atoms with van der Waals surface area (Å²) in [5.74, 6) is -0.202. The molecule has 4 N–H and O–H groups in total. The molecule has 0 saturated heterocycles. The number of amides is 2. The van der Waals surface area contributed by atoms with Crippen molar-refractivity contribution < 1.29 is 9.59 Å². The van der Waals surface area contributed by atoms with Crippen LogP contribution in [0.1, 0.15) is 38.4 Å². The number of hydrogen-bond acceptors (Lipinski definition) is 5. The van der Waals surface area contributed by atoms with Crippen LogP contribution in [-0.4, -0.2) is 21.8 Å². The number of aryl methyl sites for hydroxylation is 4. The lowest BCUT2D eigenvalue weighted by Gasteiger charge is -2.13. The summed E-state index contributed by atoms with van der Waals surface area (Å²) >= 11 is 0. The van der Waals surface area contributed by atoms with Gasteiger partial charge in [-0.1, -0.05) is 23.8 Å². The molecule has 154 valence electrons. The van der Waals surface area contributed by atoms with Crippen molar-refractivity contribution in [3.05, 3.63) is 76.1 Å². The van der Waals surface area contributed by atoms with Gasteiger partial charge in [-0.3, -0.25) is 9.59 Å². The van der Waals surface area contributed by atoms with E-state index >= 15 is 0 Å². The number of carbonyl (C=O) groups is 2. The first-order valence-corrected chi connectivity index (χ1v) is 9.61. The van der Waals surface area contributed by atoms with Crippen LogP contribution in [0.5, 0.6) is 0 Å². The lowest BCUT2D eigenvalue weighted by atomic mass is 10.1. The number of anilines is 3. The maximum Gasteiger partial charge on any atom is 0.255 e. The van der Waals surface area contributed by atoms with Crippen molar-refractivity contribution in [1.82, 2.24) is 9.97 Å². The molecule has 30 heavy (non-hydrogen) atoms. The van der Waals surface area contributed by atoms with Gasteiger partial charge in [-0.2, -0.15) is 0 Å². The molecule has 7 heteroatoms. The van der Waals surface area contributed by atoms with Crippen LogP contribution in [0.2, 0.25) is 0 Å². The summed E-state index contributed by atoms with van der Waals surface area (Å²) in [6.45, 7) is 7.44. The van der Waals surface area contributed by atoms with Gasteiger partial charge in [0.1, 0.15) is 0 Å². The average molecular weight is 403 g/mol. The Labute approximate surface area is 175 Å². The Balaban J connectivity index is 1.73. The van der Waals surface area contributed by atoms with Crippen LogP contribution in [0.4, 0.5) is 17.3 Å². The second kappa shape index (κ2) is 8.73. The minimum absolute atomic E-state index is 0.136. The highest BCUT2D eigenvalue weighted by Crippen LogP contribution is 2.22. The summed E-state index contributed by atoms with van der Waals surface area (Å²) in [6.07, 6.45) is 0.136. The SMILES string of the molecule is Cc1cccc(C(=O)Nc2cc(NC(=O)Cc3c(C)nc(N)nc3C)ccc2C)c1. The second-order valence-electron chi connectivity index (χ2n) is 7.31. The van der Waals surface area contributed by atoms with Crippen LogP contribution in [0.25, 0.3) is 0 Å². The third kappa shape index (κ3) is 5.00. The average Bonchev–Trinajstić information content (AvgIpc) is 2.67. The molecule has 3 aromatic rings. The van der Waals surface area contributed by atoms with Crippen LogP contribution in [0.15, 0.2) is 42.5 Å². The number of aromatic nitrogens is 2. The van der Waals surface area contributed by atoms with Gasteiger partial charge >= 0.3 is 0 Å². The predicted molar refractivity (Wildman–Crippen MR) is 119 cm³/mol. The van der Waals surface area contributed by atoms with Crippen molar-refractivity contribution in [2.75, 3.05) is 16.4 Å². The fourth-order valence-electron chi connectivity index (χ4n) is 3.20. The van der Waals surface area contributed by atoms with Crippen molar-refractivity contribution in [3.8, 4) is 0 Å². The van der Waals surface area contributed by atoms with E-state index in [2.05, 4.69) is 20.6 Å². The smallest absolute Gasteiger partial charge is 0.255 e. The van der Waals surface area contributed by atoms with E-state index in [0.717, 1.165) is 16.7 Å². The molecule has 7 nitrogen and oxygen atoms in total. The van der Waals surface area contributed by atoms with Crippen LogP contribution in [-0.2, 0) is 11.2 Å². The van der Waals surface area contributed by atoms with E-state index in [1.165, 1.54) is 0 Å². The Hall–Kier alpha value is -3.74. The zero-order valence-corrected chi connectivity index (χ0v) is 17.5. The van der Waals surface area contributed by atoms with E-state index in [0.29, 0.717) is 28.3 Å². The number of nitrogens with one attached hydrogen (secondary N) is 2. The van der Waals surface area contributed by atoms with Crippen LogP contribution in [0, 0.1) is 27.7 Å². The molecule has 0 saturated carbocycles. The molecular weight excluding hydrogens is 378 g/mol. The van der Waals surface area contributed by atoms with E-state index in [-0.39, 0.29) is 24.2 Å². The zero-order chi connectivity index (χ0) is 21.8. The molecule has 0 atom stereocenters. The highest BCUT2D eigenvalue weighted by atomic mass is 16.2. The Bertz CT molecular complexity index is 1100. The fourth-order valence-corrected chi connectivity index (χ4v) is 3.20. The first-order valence-electron chi connectivity index (χ1n) is 9.61. The number of rotatable bonds is 5. The molecular formula is C23H25N5O2. The third-order valence-corrected chi connectivity index (χ3v) is 4.83. The van der Waals surface area contributed by atoms with Gasteiger partial charge in [-0.15, -0.1) is 0 Å². The topological polar surface area (TPSA) is 110 Å². The number of benzene rings is 2. The van der Waals surface area contributed by atoms with Gasteiger partial charge in [0.15, 0.2) is 0 Å². The summed E-state index contributed by atoms with van der Waals surface area (Å²) in [5, 5.41) is 5.79. The van der Waals surface area contributed by atoms with Gasteiger partial charge in [0.05, 0.1) is 6.42 Å². The highest BCUT2D eigenvalue weighted by Gasteiger charge is 2.13. The molecule has 0 fully saturated rings. The molecule has 2 aromatic carbocycles. The quantitative estimate of drug-likeness (QED) is 0.601. The van der Waals surface area contributed by atoms with Gasteiger partial charge < -0.3 is 16.4 Å². The molecule has 0 radical (unpaired) electrons. The molecule has 0 aliphatic heterocycles. The van der Waals surface area contributed by atoms with Crippen molar-refractivity contribution in [2.45, 2.75) is 34.1 Å². The van der Waals surface area contributed by atoms with Crippen LogP contribution >= 0.6 is 0 Å². The molecule has 3 rings (SSSR count). The van der Waals surface area contributed by atoms with E-state index in [1.54, 1.807) is 32.0 Å². The van der Waals surface area contributed by atoms with Crippen molar-refractivity contribution in [1.29, 1.82) is 0 Å². The summed E-state index contributed by atoms with van der Waals surface area (Å²) in [4.78, 5) is 33.4. The highest BCUT2D eigenvalue weighted by molar-refractivity contribution is 6.05. The molecule has 1 heterocycles. The monoisotopic (exact) mass is 403 g/mol. The van der Waals surface area contributed by atoms with E-state index in [9.17, 15) is 9.59 Å². The summed E-state index contributed by atoms with van der Waals surface area (Å²) in [7, 11) is 0. The zero-order valence-electron chi connectivity index (χ0n) is 17.5. The first kappa shape index (κ1) is 21.0. The Kier molecular flexibility index (Phi) is 6.11. The number of nitrogens with zero attached hydrogens (tertiary/aromatic N) is 2. The minimum Gasteiger partial charge on any atom is -0.368 e. The predicted octanol–water partition coefficient (Wildman–Crippen LogP) is 3.73. The molecule has 0 aliphatic rings. The lowest BCUT2D eigenvalue weighted by molar-refractivity contribution is -0.115. The fraction of sp³-hybridized carbons (Fsp3) is 0.217. The maximum absolute atomic E-state index is 12.6. The van der Waals surface area contributed by atoms with E-state index < -0.39 is 0 Å². The standard InChI is InChI=1S/C23H25N5O2/c1-13-6-5-7-17(10-13)22(30)28-20-11-18(9-8-14(20)2)27-21(29)12-19-15(3)25-23(24)26-16(19)4/h5-11H,12H2,1-4H3,(H,27,29)(H,28,30)(H2,24,25,26). The molecule has 2 amide bonds. The van der Waals surface area contributed by atoms with Crippen molar-refractivity contribution in [2.24, 2.45) is 0 Å². The Morgan fingerprint density at radius 1 is 0.933 bits per heavy atom. The maximum atomic E-state index is 12.6. The van der Waals surface area contributed by atoms with Crippen molar-refractivity contribution >= 4 is 29.1 Å². The summed E-state index contributed by atoms with van der Waals surface area (Å²) < 4.78 is 0. The third-order valence-electron chi connectivity index (χ3n) is 4.83. The lowest BCUT2D eigenvalue weighted by Crippen LogP contribution is -2.18. The first-order chi connectivity index (χ1) is 14.2. The molecule has 0 spiro atoms. The Morgan fingerprint density at radius 3 is 2.30 bits per heavy atom. The Morgan fingerprint density at radius 2 is 1.63 bits per heavy atom.